The molecule has 3 aliphatic rings. The highest BCUT2D eigenvalue weighted by molar-refractivity contribution is 5.87. The topological polar surface area (TPSA) is 50.4 Å². The van der Waals surface area contributed by atoms with Crippen molar-refractivity contribution < 1.29 is 0 Å². The highest BCUT2D eigenvalue weighted by Crippen LogP contribution is 2.69. The van der Waals surface area contributed by atoms with Gasteiger partial charge in [0, 0.05) is 12.5 Å². The maximum absolute atomic E-state index is 5.53. The fourth-order valence-corrected chi connectivity index (χ4v) is 4.11. The summed E-state index contributed by atoms with van der Waals surface area (Å²) in [6.45, 7) is 2.93. The molecule has 4 unspecified atom stereocenters. The minimum absolute atomic E-state index is 0.700. The van der Waals surface area contributed by atoms with Crippen LogP contribution in [0.5, 0.6) is 0 Å². The fourth-order valence-electron chi connectivity index (χ4n) is 4.11. The average Bonchev–Trinajstić information content (AvgIpc) is 2.65. The maximum atomic E-state index is 5.53. The lowest BCUT2D eigenvalue weighted by atomic mass is 10.0. The zero-order valence-corrected chi connectivity index (χ0v) is 8.74. The van der Waals surface area contributed by atoms with Crippen LogP contribution < -0.4 is 11.3 Å². The van der Waals surface area contributed by atoms with Crippen molar-refractivity contribution in [2.75, 3.05) is 6.54 Å². The van der Waals surface area contributed by atoms with Crippen LogP contribution in [0.15, 0.2) is 4.99 Å². The van der Waals surface area contributed by atoms with E-state index in [1.807, 2.05) is 0 Å². The first-order valence-corrected chi connectivity index (χ1v) is 5.87. The van der Waals surface area contributed by atoms with Gasteiger partial charge in [-0.05, 0) is 49.9 Å². The van der Waals surface area contributed by atoms with Crippen molar-refractivity contribution in [1.29, 1.82) is 0 Å². The lowest BCUT2D eigenvalue weighted by molar-refractivity contribution is 0.456. The van der Waals surface area contributed by atoms with E-state index in [0.29, 0.717) is 5.92 Å². The molecule has 4 atom stereocenters. The van der Waals surface area contributed by atoms with Crippen molar-refractivity contribution in [1.82, 2.24) is 5.43 Å². The molecule has 14 heavy (non-hydrogen) atoms. The number of nitrogens with zero attached hydrogens (tertiary/aromatic N) is 1. The molecule has 0 saturated heterocycles. The lowest BCUT2D eigenvalue weighted by Crippen LogP contribution is -2.34. The van der Waals surface area contributed by atoms with Crippen molar-refractivity contribution in [3.8, 4) is 0 Å². The van der Waals surface area contributed by atoms with E-state index in [4.69, 9.17) is 5.84 Å². The van der Waals surface area contributed by atoms with Crippen molar-refractivity contribution in [2.24, 2.45) is 40.4 Å². The number of fused-ring (bicyclic) bond motifs is 5. The summed E-state index contributed by atoms with van der Waals surface area (Å²) in [5.74, 6) is 11.2. The molecule has 3 fully saturated rings. The van der Waals surface area contributed by atoms with Crippen LogP contribution in [0.4, 0.5) is 0 Å². The predicted octanol–water partition coefficient (Wildman–Crippen LogP) is 1.16. The van der Waals surface area contributed by atoms with Crippen LogP contribution in [0.1, 0.15) is 26.2 Å². The molecule has 0 aliphatic heterocycles. The second kappa shape index (κ2) is 2.96. The highest BCUT2D eigenvalue weighted by Gasteiger charge is 2.66. The third kappa shape index (κ3) is 0.991. The Morgan fingerprint density at radius 3 is 2.50 bits per heavy atom. The predicted molar refractivity (Wildman–Crippen MR) is 56.6 cm³/mol. The van der Waals surface area contributed by atoms with Gasteiger partial charge in [0.25, 0.3) is 0 Å². The van der Waals surface area contributed by atoms with E-state index < -0.39 is 0 Å². The van der Waals surface area contributed by atoms with Crippen molar-refractivity contribution in [2.45, 2.75) is 26.2 Å². The zero-order valence-electron chi connectivity index (χ0n) is 8.74. The van der Waals surface area contributed by atoms with Gasteiger partial charge < -0.3 is 5.43 Å². The Balaban J connectivity index is 1.75. The average molecular weight is 193 g/mol. The van der Waals surface area contributed by atoms with Gasteiger partial charge in [-0.2, -0.15) is 0 Å². The van der Waals surface area contributed by atoms with Crippen LogP contribution in [0.3, 0.4) is 0 Å². The first-order chi connectivity index (χ1) is 6.86. The normalized spacial score (nSPS) is 49.3. The Kier molecular flexibility index (Phi) is 1.84. The molecule has 0 radical (unpaired) electrons. The van der Waals surface area contributed by atoms with Crippen LogP contribution in [0, 0.1) is 29.6 Å². The van der Waals surface area contributed by atoms with Gasteiger partial charge in [0.1, 0.15) is 5.84 Å². The van der Waals surface area contributed by atoms with Gasteiger partial charge in [0.2, 0.25) is 0 Å². The quantitative estimate of drug-likeness (QED) is 0.299. The Hall–Kier alpha value is -0.570. The summed E-state index contributed by atoms with van der Waals surface area (Å²) in [6, 6.07) is 0. The molecule has 2 bridgehead atoms. The van der Waals surface area contributed by atoms with E-state index in [-0.39, 0.29) is 0 Å². The number of hydrazine groups is 1. The molecule has 0 aromatic rings. The van der Waals surface area contributed by atoms with Crippen LogP contribution in [0.2, 0.25) is 0 Å². The molecular formula is C11H19N3. The molecule has 0 amide bonds. The monoisotopic (exact) mass is 193 g/mol. The van der Waals surface area contributed by atoms with Gasteiger partial charge in [-0.3, -0.25) is 4.99 Å². The Bertz CT molecular complexity index is 258. The van der Waals surface area contributed by atoms with E-state index in [2.05, 4.69) is 17.3 Å². The number of aliphatic imine (C=N–C) groups is 1. The van der Waals surface area contributed by atoms with Crippen molar-refractivity contribution in [3.05, 3.63) is 0 Å². The summed E-state index contributed by atoms with van der Waals surface area (Å²) in [6.07, 6.45) is 4.43. The van der Waals surface area contributed by atoms with E-state index >= 15 is 0 Å². The first-order valence-electron chi connectivity index (χ1n) is 5.87. The van der Waals surface area contributed by atoms with E-state index in [9.17, 15) is 0 Å². The number of hydrogen-bond acceptors (Lipinski definition) is 2. The number of rotatable bonds is 2. The Morgan fingerprint density at radius 1 is 1.36 bits per heavy atom. The minimum atomic E-state index is 0.700. The first kappa shape index (κ1) is 8.72. The van der Waals surface area contributed by atoms with Gasteiger partial charge in [0.15, 0.2) is 0 Å². The zero-order chi connectivity index (χ0) is 9.71. The van der Waals surface area contributed by atoms with Crippen molar-refractivity contribution in [3.63, 3.8) is 0 Å². The third-order valence-electron chi connectivity index (χ3n) is 4.53. The van der Waals surface area contributed by atoms with E-state index in [1.165, 1.54) is 19.3 Å². The van der Waals surface area contributed by atoms with Gasteiger partial charge in [0.05, 0.1) is 0 Å². The van der Waals surface area contributed by atoms with Crippen molar-refractivity contribution >= 4 is 5.84 Å². The number of nitrogens with two attached hydrogens (primary N) is 1. The number of amidine groups is 1. The summed E-state index contributed by atoms with van der Waals surface area (Å²) < 4.78 is 0. The Labute approximate surface area is 85.1 Å². The molecule has 3 N–H and O–H groups in total. The maximum Gasteiger partial charge on any atom is 0.114 e. The molecule has 0 aromatic carbocycles. The molecular weight excluding hydrogens is 174 g/mol. The smallest absolute Gasteiger partial charge is 0.114 e. The molecule has 0 spiro atoms. The molecule has 3 heteroatoms. The van der Waals surface area contributed by atoms with E-state index in [0.717, 1.165) is 36.1 Å². The Morgan fingerprint density at radius 2 is 2.00 bits per heavy atom. The summed E-state index contributed by atoms with van der Waals surface area (Å²) >= 11 is 0. The number of nitrogens with one attached hydrogen (secondary N) is 1. The van der Waals surface area contributed by atoms with Gasteiger partial charge in [-0.25, -0.2) is 5.84 Å². The summed E-state index contributed by atoms with van der Waals surface area (Å²) in [5.41, 5.74) is 2.81. The summed E-state index contributed by atoms with van der Waals surface area (Å²) in [7, 11) is 0. The van der Waals surface area contributed by atoms with Crippen LogP contribution >= 0.6 is 0 Å². The molecule has 78 valence electrons. The molecule has 0 heterocycles. The minimum Gasteiger partial charge on any atom is -0.312 e. The van der Waals surface area contributed by atoms with Crippen LogP contribution in [-0.4, -0.2) is 12.4 Å². The van der Waals surface area contributed by atoms with Gasteiger partial charge in [-0.1, -0.05) is 0 Å². The molecule has 3 rings (SSSR count). The summed E-state index contributed by atoms with van der Waals surface area (Å²) in [5, 5.41) is 0. The standard InChI is InChI=1S/C11H19N3/c1-2-13-11(14-12)10-8-6-3-4-7(5-6)9(8)10/h6-10H,2-5,12H2,1H3,(H,13,14). The second-order valence-electron chi connectivity index (χ2n) is 5.02. The van der Waals surface area contributed by atoms with Crippen LogP contribution in [0.25, 0.3) is 0 Å². The summed E-state index contributed by atoms with van der Waals surface area (Å²) in [4.78, 5) is 4.46. The molecule has 0 aromatic heterocycles. The second-order valence-corrected chi connectivity index (χ2v) is 5.02. The SMILES string of the molecule is CCN=C(NN)C1C2C3CCC(C3)C12. The fraction of sp³-hybridized carbons (Fsp3) is 0.909. The lowest BCUT2D eigenvalue weighted by Gasteiger charge is -2.10. The van der Waals surface area contributed by atoms with Gasteiger partial charge >= 0.3 is 0 Å². The molecule has 3 aliphatic carbocycles. The third-order valence-corrected chi connectivity index (χ3v) is 4.53. The van der Waals surface area contributed by atoms with E-state index in [1.54, 1.807) is 0 Å². The molecule has 3 saturated carbocycles. The van der Waals surface area contributed by atoms with Crippen LogP contribution in [-0.2, 0) is 0 Å². The highest BCUT2D eigenvalue weighted by atomic mass is 15.3. The largest absolute Gasteiger partial charge is 0.312 e. The van der Waals surface area contributed by atoms with Gasteiger partial charge in [-0.15, -0.1) is 0 Å². The molecule has 3 nitrogen and oxygen atoms in total. The number of hydrogen-bond donors (Lipinski definition) is 2.